The van der Waals surface area contributed by atoms with E-state index >= 15 is 0 Å². The van der Waals surface area contributed by atoms with Crippen LogP contribution in [0.2, 0.25) is 0 Å². The van der Waals surface area contributed by atoms with Gasteiger partial charge in [-0.15, -0.1) is 0 Å². The van der Waals surface area contributed by atoms with Crippen molar-refractivity contribution in [2.75, 3.05) is 0 Å². The van der Waals surface area contributed by atoms with Crippen LogP contribution in [-0.4, -0.2) is 18.8 Å². The Bertz CT molecular complexity index is 245. The zero-order valence-electron chi connectivity index (χ0n) is 6.42. The molecule has 2 N–H and O–H groups in total. The predicted octanol–water partition coefficient (Wildman–Crippen LogP) is 1.15. The zero-order chi connectivity index (χ0) is 8.48. The van der Waals surface area contributed by atoms with E-state index in [-0.39, 0.29) is 11.0 Å². The van der Waals surface area contributed by atoms with Crippen molar-refractivity contribution >= 4 is 13.3 Å². The summed E-state index contributed by atoms with van der Waals surface area (Å²) >= 11 is 0. The first-order valence-electron chi connectivity index (χ1n) is 2.93. The predicted molar refractivity (Wildman–Crippen MR) is 40.7 cm³/mol. The Hall–Kier alpha value is -1.01. The average Bonchev–Trinajstić information content (AvgIpc) is 1.86. The fourth-order valence-electron chi connectivity index (χ4n) is 0.672. The van der Waals surface area contributed by atoms with Gasteiger partial charge in [-0.2, -0.15) is 0 Å². The number of benzene rings is 1. The fraction of sp³-hybridized carbons (Fsp3) is 0.143. The molecule has 0 aliphatic rings. The molecule has 0 heterocycles. The molecule has 0 bridgehead atoms. The fourth-order valence-corrected chi connectivity index (χ4v) is 0.672. The van der Waals surface area contributed by atoms with E-state index in [0.717, 1.165) is 12.1 Å². The van der Waals surface area contributed by atoms with E-state index in [9.17, 15) is 13.2 Å². The molecular formula is C7H6BF3O2. The van der Waals surface area contributed by atoms with E-state index in [1.54, 1.807) is 0 Å². The molecule has 0 spiro atoms. The second-order valence-electron chi connectivity index (χ2n) is 2.12. The number of hydrogen-bond donors (Lipinski definition) is 0. The summed E-state index contributed by atoms with van der Waals surface area (Å²) in [6.07, 6.45) is -4.27. The molecule has 0 atom stereocenters. The maximum atomic E-state index is 11.9. The molecule has 0 radical (unpaired) electrons. The Balaban J connectivity index is 0. The van der Waals surface area contributed by atoms with Gasteiger partial charge in [-0.25, -0.2) is 0 Å². The third kappa shape index (κ3) is 3.96. The SMILES string of the molecule is [B+2]c1ccc(C(F)(F)F)cc1.[OH-].[OH-]. The third-order valence-electron chi connectivity index (χ3n) is 1.24. The first kappa shape index (κ1) is 14.5. The van der Waals surface area contributed by atoms with Crippen molar-refractivity contribution in [3.8, 4) is 0 Å². The molecule has 0 aromatic heterocycles. The van der Waals surface area contributed by atoms with E-state index in [1.165, 1.54) is 12.1 Å². The summed E-state index contributed by atoms with van der Waals surface area (Å²) in [5, 5.41) is 0. The van der Waals surface area contributed by atoms with Crippen molar-refractivity contribution in [1.82, 2.24) is 0 Å². The maximum Gasteiger partial charge on any atom is -0.870 e. The van der Waals surface area contributed by atoms with Gasteiger partial charge in [0, 0.05) is 0 Å². The first-order chi connectivity index (χ1) is 5.00. The molecule has 0 saturated heterocycles. The van der Waals surface area contributed by atoms with Crippen molar-refractivity contribution in [1.29, 1.82) is 0 Å². The molecule has 0 unspecified atom stereocenters. The molecule has 1 aromatic rings. The van der Waals surface area contributed by atoms with Crippen LogP contribution < -0.4 is 5.46 Å². The van der Waals surface area contributed by atoms with Crippen molar-refractivity contribution in [3.05, 3.63) is 29.8 Å². The van der Waals surface area contributed by atoms with Crippen LogP contribution in [0.25, 0.3) is 0 Å². The number of alkyl halides is 3. The van der Waals surface area contributed by atoms with Gasteiger partial charge < -0.3 is 11.0 Å². The van der Waals surface area contributed by atoms with Crippen molar-refractivity contribution in [2.45, 2.75) is 6.18 Å². The van der Waals surface area contributed by atoms with E-state index in [2.05, 4.69) is 0 Å². The van der Waals surface area contributed by atoms with Crippen LogP contribution in [0.15, 0.2) is 24.3 Å². The van der Waals surface area contributed by atoms with Crippen molar-refractivity contribution < 1.29 is 24.1 Å². The van der Waals surface area contributed by atoms with Crippen LogP contribution in [0.5, 0.6) is 0 Å². The second kappa shape index (κ2) is 4.88. The van der Waals surface area contributed by atoms with Gasteiger partial charge in [-0.3, -0.25) is 0 Å². The summed E-state index contributed by atoms with van der Waals surface area (Å²) in [6.45, 7) is 0. The molecule has 0 aliphatic heterocycles. The molecule has 0 saturated carbocycles. The van der Waals surface area contributed by atoms with Crippen LogP contribution >= 0.6 is 0 Å². The molecular weight excluding hydrogens is 184 g/mol. The van der Waals surface area contributed by atoms with E-state index in [1.807, 2.05) is 0 Å². The van der Waals surface area contributed by atoms with Gasteiger partial charge in [-0.05, 0) is 0 Å². The molecule has 6 heteroatoms. The second-order valence-corrected chi connectivity index (χ2v) is 2.12. The number of halogens is 3. The smallest absolute Gasteiger partial charge is 0.870 e. The molecule has 1 rings (SSSR count). The van der Waals surface area contributed by atoms with E-state index < -0.39 is 11.7 Å². The number of hydrogen-bond acceptors (Lipinski definition) is 2. The minimum absolute atomic E-state index is 0. The van der Waals surface area contributed by atoms with Gasteiger partial charge in [0.1, 0.15) is 0 Å². The summed E-state index contributed by atoms with van der Waals surface area (Å²) in [4.78, 5) is 0. The quantitative estimate of drug-likeness (QED) is 0.575. The van der Waals surface area contributed by atoms with Gasteiger partial charge >= 0.3 is 62.5 Å². The monoisotopic (exact) mass is 190 g/mol. The topological polar surface area (TPSA) is 60.0 Å². The molecule has 1 aromatic carbocycles. The van der Waals surface area contributed by atoms with Crippen LogP contribution in [-0.2, 0) is 6.18 Å². The van der Waals surface area contributed by atoms with E-state index in [4.69, 9.17) is 7.85 Å². The average molecular weight is 190 g/mol. The van der Waals surface area contributed by atoms with E-state index in [0.29, 0.717) is 5.46 Å². The van der Waals surface area contributed by atoms with Crippen LogP contribution in [0.4, 0.5) is 13.2 Å². The Kier molecular flexibility index (Phi) is 5.45. The third-order valence-corrected chi connectivity index (χ3v) is 1.24. The Morgan fingerprint density at radius 2 is 1.31 bits per heavy atom. The van der Waals surface area contributed by atoms with Crippen LogP contribution in [0.3, 0.4) is 0 Å². The van der Waals surface area contributed by atoms with Gasteiger partial charge in [0.15, 0.2) is 0 Å². The normalized spacial score (nSPS) is 9.92. The van der Waals surface area contributed by atoms with Crippen molar-refractivity contribution in [2.24, 2.45) is 0 Å². The molecule has 70 valence electrons. The molecule has 0 fully saturated rings. The standard InChI is InChI=1S/C7H4BF3.2H2O/c8-6-3-1-5(2-4-6)7(9,10)11;;/h1-4H;2*1H2/q+2;;/p-2. The van der Waals surface area contributed by atoms with Gasteiger partial charge in [0.05, 0.1) is 0 Å². The maximum absolute atomic E-state index is 11.9. The summed E-state index contributed by atoms with van der Waals surface area (Å²) < 4.78 is 35.6. The summed E-state index contributed by atoms with van der Waals surface area (Å²) in [7, 11) is 5.20. The Morgan fingerprint density at radius 1 is 0.923 bits per heavy atom. The largest absolute Gasteiger partial charge is 0.870 e. The minimum atomic E-state index is -4.27. The van der Waals surface area contributed by atoms with Gasteiger partial charge in [0.2, 0.25) is 0 Å². The summed E-state index contributed by atoms with van der Waals surface area (Å²) in [5.74, 6) is 0. The van der Waals surface area contributed by atoms with Gasteiger partial charge in [0.25, 0.3) is 0 Å². The molecule has 0 amide bonds. The summed E-state index contributed by atoms with van der Waals surface area (Å²) in [5.41, 5.74) is -0.343. The number of rotatable bonds is 0. The van der Waals surface area contributed by atoms with Crippen LogP contribution in [0.1, 0.15) is 5.56 Å². The minimum Gasteiger partial charge on any atom is -0.870 e. The molecule has 13 heavy (non-hydrogen) atoms. The molecule has 0 aliphatic carbocycles. The molecule has 2 nitrogen and oxygen atoms in total. The summed E-state index contributed by atoms with van der Waals surface area (Å²) in [6, 6.07) is 4.36. The Labute approximate surface area is 74.4 Å². The van der Waals surface area contributed by atoms with Gasteiger partial charge in [-0.1, -0.05) is 0 Å². The zero-order valence-corrected chi connectivity index (χ0v) is 6.42. The Morgan fingerprint density at radius 3 is 1.62 bits per heavy atom. The van der Waals surface area contributed by atoms with Crippen molar-refractivity contribution in [3.63, 3.8) is 0 Å². The van der Waals surface area contributed by atoms with Crippen LogP contribution in [0, 0.1) is 0 Å². The first-order valence-corrected chi connectivity index (χ1v) is 2.93.